The summed E-state index contributed by atoms with van der Waals surface area (Å²) in [4.78, 5) is 49.1. The lowest BCUT2D eigenvalue weighted by atomic mass is 9.83. The number of ether oxygens (including phenoxy) is 2. The molecule has 8 nitrogen and oxygen atoms in total. The van der Waals surface area contributed by atoms with Crippen molar-refractivity contribution in [2.45, 2.75) is 0 Å². The molecule has 32 heavy (non-hydrogen) atoms. The van der Waals surface area contributed by atoms with Gasteiger partial charge in [0.1, 0.15) is 0 Å². The molecule has 0 amide bonds. The Kier molecular flexibility index (Phi) is 6.34. The van der Waals surface area contributed by atoms with Gasteiger partial charge in [0.05, 0.1) is 36.5 Å². The minimum absolute atomic E-state index is 0.0326. The minimum atomic E-state index is -1.34. The van der Waals surface area contributed by atoms with Crippen LogP contribution in [0.1, 0.15) is 41.4 Å². The maximum absolute atomic E-state index is 12.4. The zero-order chi connectivity index (χ0) is 23.4. The maximum Gasteiger partial charge on any atom is 0.338 e. The van der Waals surface area contributed by atoms with Crippen LogP contribution in [0.3, 0.4) is 0 Å². The summed E-state index contributed by atoms with van der Waals surface area (Å²) in [6.45, 7) is 0. The van der Waals surface area contributed by atoms with Crippen LogP contribution in [0.25, 0.3) is 22.3 Å². The summed E-state index contributed by atoms with van der Waals surface area (Å²) in [6.07, 6.45) is 0. The number of aromatic carboxylic acids is 2. The summed E-state index contributed by atoms with van der Waals surface area (Å²) in [6, 6.07) is 14.5. The molecule has 8 heteroatoms. The van der Waals surface area contributed by atoms with Crippen molar-refractivity contribution in [2.75, 3.05) is 14.2 Å². The molecule has 2 N–H and O–H groups in total. The molecule has 3 aromatic rings. The first kappa shape index (κ1) is 22.2. The summed E-state index contributed by atoms with van der Waals surface area (Å²) >= 11 is 0. The van der Waals surface area contributed by atoms with Crippen LogP contribution in [0.2, 0.25) is 0 Å². The second kappa shape index (κ2) is 9.13. The van der Waals surface area contributed by atoms with Gasteiger partial charge < -0.3 is 19.7 Å². The molecule has 0 atom stereocenters. The molecule has 0 aliphatic carbocycles. The molecule has 3 aromatic carbocycles. The Balaban J connectivity index is 2.57. The van der Waals surface area contributed by atoms with Crippen LogP contribution in [0.4, 0.5) is 0 Å². The van der Waals surface area contributed by atoms with E-state index in [0.29, 0.717) is 0 Å². The summed E-state index contributed by atoms with van der Waals surface area (Å²) in [5.74, 6) is -4.14. The van der Waals surface area contributed by atoms with Crippen molar-refractivity contribution in [2.24, 2.45) is 0 Å². The van der Waals surface area contributed by atoms with Gasteiger partial charge in [0, 0.05) is 11.1 Å². The van der Waals surface area contributed by atoms with Gasteiger partial charge in [0.15, 0.2) is 0 Å². The Morgan fingerprint density at radius 3 is 1.22 bits per heavy atom. The van der Waals surface area contributed by atoms with Crippen LogP contribution in [0.5, 0.6) is 0 Å². The lowest BCUT2D eigenvalue weighted by Gasteiger charge is -2.19. The third-order valence-corrected chi connectivity index (χ3v) is 4.87. The van der Waals surface area contributed by atoms with Gasteiger partial charge in [-0.15, -0.1) is 0 Å². The minimum Gasteiger partial charge on any atom is -0.478 e. The van der Waals surface area contributed by atoms with Crippen LogP contribution in [0, 0.1) is 0 Å². The molecule has 0 aliphatic heterocycles. The molecular formula is C24H18O8. The van der Waals surface area contributed by atoms with Gasteiger partial charge in [-0.2, -0.15) is 0 Å². The quantitative estimate of drug-likeness (QED) is 0.558. The number of carboxylic acid groups (broad SMARTS) is 2. The lowest BCUT2D eigenvalue weighted by molar-refractivity contribution is 0.0592. The Morgan fingerprint density at radius 2 is 0.906 bits per heavy atom. The molecule has 0 aliphatic rings. The number of hydrogen-bond acceptors (Lipinski definition) is 6. The van der Waals surface area contributed by atoms with E-state index in [0.717, 1.165) is 12.1 Å². The van der Waals surface area contributed by atoms with E-state index in [1.807, 2.05) is 0 Å². The van der Waals surface area contributed by atoms with E-state index in [9.17, 15) is 29.4 Å². The first-order valence-corrected chi connectivity index (χ1v) is 9.30. The average molecular weight is 434 g/mol. The van der Waals surface area contributed by atoms with Crippen LogP contribution in [-0.2, 0) is 9.47 Å². The lowest BCUT2D eigenvalue weighted by Crippen LogP contribution is -2.12. The molecule has 0 aromatic heterocycles. The molecule has 0 bridgehead atoms. The molecule has 0 fully saturated rings. The van der Waals surface area contributed by atoms with Crippen molar-refractivity contribution in [3.63, 3.8) is 0 Å². The van der Waals surface area contributed by atoms with E-state index in [2.05, 4.69) is 0 Å². The molecule has 0 radical (unpaired) electrons. The predicted octanol–water partition coefficient (Wildman–Crippen LogP) is 3.99. The molecule has 0 saturated carbocycles. The van der Waals surface area contributed by atoms with Crippen molar-refractivity contribution in [1.82, 2.24) is 0 Å². The highest BCUT2D eigenvalue weighted by Gasteiger charge is 2.28. The topological polar surface area (TPSA) is 127 Å². The van der Waals surface area contributed by atoms with E-state index in [-0.39, 0.29) is 44.5 Å². The Bertz CT molecular complexity index is 1150. The van der Waals surface area contributed by atoms with Crippen molar-refractivity contribution >= 4 is 23.9 Å². The smallest absolute Gasteiger partial charge is 0.338 e. The molecule has 0 saturated heterocycles. The largest absolute Gasteiger partial charge is 0.478 e. The number of methoxy groups -OCH3 is 2. The monoisotopic (exact) mass is 434 g/mol. The summed E-state index contributed by atoms with van der Waals surface area (Å²) in [5.41, 5.74) is -0.190. The number of hydrogen-bond donors (Lipinski definition) is 2. The van der Waals surface area contributed by atoms with E-state index < -0.39 is 23.9 Å². The Hall–Kier alpha value is -4.46. The van der Waals surface area contributed by atoms with E-state index in [1.165, 1.54) is 38.5 Å². The molecule has 162 valence electrons. The van der Waals surface area contributed by atoms with Crippen molar-refractivity contribution in [3.05, 3.63) is 82.9 Å². The van der Waals surface area contributed by atoms with Crippen LogP contribution in [0.15, 0.2) is 60.7 Å². The fourth-order valence-corrected chi connectivity index (χ4v) is 3.50. The molecular weight excluding hydrogens is 416 g/mol. The maximum atomic E-state index is 12.4. The highest BCUT2D eigenvalue weighted by atomic mass is 16.5. The van der Waals surface area contributed by atoms with Gasteiger partial charge in [-0.1, -0.05) is 36.4 Å². The summed E-state index contributed by atoms with van der Waals surface area (Å²) in [5, 5.41) is 19.8. The van der Waals surface area contributed by atoms with Crippen molar-refractivity contribution < 1.29 is 38.9 Å². The van der Waals surface area contributed by atoms with Crippen LogP contribution in [-0.4, -0.2) is 48.3 Å². The number of rotatable bonds is 6. The normalized spacial score (nSPS) is 10.3. The SMILES string of the molecule is COC(=O)c1ccccc1-c1c(C(=O)O)ccc(C(=O)O)c1-c1ccccc1C(=O)OC. The zero-order valence-electron chi connectivity index (χ0n) is 17.1. The van der Waals surface area contributed by atoms with Gasteiger partial charge in [0.25, 0.3) is 0 Å². The van der Waals surface area contributed by atoms with E-state index in [1.54, 1.807) is 24.3 Å². The third kappa shape index (κ3) is 3.93. The fraction of sp³-hybridized carbons (Fsp3) is 0.0833. The van der Waals surface area contributed by atoms with Gasteiger partial charge >= 0.3 is 23.9 Å². The van der Waals surface area contributed by atoms with E-state index in [4.69, 9.17) is 9.47 Å². The molecule has 0 heterocycles. The molecule has 0 unspecified atom stereocenters. The summed E-state index contributed by atoms with van der Waals surface area (Å²) in [7, 11) is 2.36. The second-order valence-corrected chi connectivity index (χ2v) is 6.60. The predicted molar refractivity (Wildman–Crippen MR) is 114 cm³/mol. The van der Waals surface area contributed by atoms with Crippen molar-refractivity contribution in [3.8, 4) is 22.3 Å². The third-order valence-electron chi connectivity index (χ3n) is 4.87. The van der Waals surface area contributed by atoms with Gasteiger partial charge in [0.2, 0.25) is 0 Å². The first-order chi connectivity index (χ1) is 15.3. The Morgan fingerprint density at radius 1 is 0.562 bits per heavy atom. The van der Waals surface area contributed by atoms with Crippen molar-refractivity contribution in [1.29, 1.82) is 0 Å². The fourth-order valence-electron chi connectivity index (χ4n) is 3.50. The number of benzene rings is 3. The van der Waals surface area contributed by atoms with Crippen LogP contribution >= 0.6 is 0 Å². The second-order valence-electron chi connectivity index (χ2n) is 6.60. The first-order valence-electron chi connectivity index (χ1n) is 9.30. The van der Waals surface area contributed by atoms with Gasteiger partial charge in [-0.25, -0.2) is 19.2 Å². The Labute approximate surface area is 182 Å². The number of esters is 2. The molecule has 0 spiro atoms. The van der Waals surface area contributed by atoms with Gasteiger partial charge in [-0.3, -0.25) is 0 Å². The number of carboxylic acids is 2. The highest BCUT2D eigenvalue weighted by molar-refractivity contribution is 6.13. The molecule has 3 rings (SSSR count). The zero-order valence-corrected chi connectivity index (χ0v) is 17.1. The number of carbonyl (C=O) groups excluding carboxylic acids is 2. The highest BCUT2D eigenvalue weighted by Crippen LogP contribution is 2.41. The van der Waals surface area contributed by atoms with E-state index >= 15 is 0 Å². The average Bonchev–Trinajstić information content (AvgIpc) is 2.81. The number of carbonyl (C=O) groups is 4. The van der Waals surface area contributed by atoms with Crippen LogP contribution < -0.4 is 0 Å². The summed E-state index contributed by atoms with van der Waals surface area (Å²) < 4.78 is 9.65. The standard InChI is InChI=1S/C24H18O8/c1-31-23(29)15-9-5-3-7-13(15)19-17(21(25)26)11-12-18(22(27)28)20(19)14-8-4-6-10-16(14)24(30)32-2/h3-12H,1-2H3,(H,25,26)(H,27,28). The van der Waals surface area contributed by atoms with Gasteiger partial charge in [-0.05, 0) is 35.4 Å².